The van der Waals surface area contributed by atoms with Gasteiger partial charge in [-0.3, -0.25) is 14.9 Å². The van der Waals surface area contributed by atoms with Gasteiger partial charge in [0.2, 0.25) is 0 Å². The molecule has 21 heteroatoms. The molecule has 2 aliphatic rings. The summed E-state index contributed by atoms with van der Waals surface area (Å²) in [6.07, 6.45) is -4.96. The molecule has 4 N–H and O–H groups in total. The molecule has 2 saturated heterocycles. The Morgan fingerprint density at radius 1 is 0.941 bits per heavy atom. The first-order valence-electron chi connectivity index (χ1n) is 15.4. The third-order valence-corrected chi connectivity index (χ3v) is 7.85. The number of benzene rings is 1. The fourth-order valence-electron chi connectivity index (χ4n) is 5.19. The molecule has 0 radical (unpaired) electrons. The van der Waals surface area contributed by atoms with Gasteiger partial charge in [0.25, 0.3) is 0 Å². The Labute approximate surface area is 285 Å². The van der Waals surface area contributed by atoms with Crippen LogP contribution in [0.5, 0.6) is 0 Å². The average Bonchev–Trinajstić information content (AvgIpc) is 3.83. The third kappa shape index (κ3) is 9.90. The highest BCUT2D eigenvalue weighted by atomic mass is 19.4. The van der Waals surface area contributed by atoms with E-state index in [0.29, 0.717) is 18.3 Å². The number of carboxylic acid groups (broad SMARTS) is 2. The van der Waals surface area contributed by atoms with Gasteiger partial charge in [-0.15, -0.1) is 0 Å². The second-order valence-corrected chi connectivity index (χ2v) is 11.6. The van der Waals surface area contributed by atoms with Crippen LogP contribution < -0.4 is 10.2 Å². The number of H-pyrrole nitrogens is 1. The normalized spacial score (nSPS) is 16.9. The molecule has 0 aliphatic carbocycles. The monoisotopic (exact) mass is 728 g/mol. The van der Waals surface area contributed by atoms with Gasteiger partial charge in [-0.2, -0.15) is 36.5 Å². The summed E-state index contributed by atoms with van der Waals surface area (Å²) in [4.78, 5) is 46.9. The summed E-state index contributed by atoms with van der Waals surface area (Å²) in [5.74, 6) is -3.82. The molecule has 276 valence electrons. The maximum Gasteiger partial charge on any atom is 0.490 e. The summed E-state index contributed by atoms with van der Waals surface area (Å²) in [6, 6.07) is 10.0. The number of halogens is 6. The Morgan fingerprint density at radius 3 is 2.06 bits per heavy atom. The number of hydrogen-bond acceptors (Lipinski definition) is 9. The van der Waals surface area contributed by atoms with Crippen molar-refractivity contribution in [3.63, 3.8) is 0 Å². The van der Waals surface area contributed by atoms with E-state index in [1.165, 1.54) is 6.33 Å². The maximum atomic E-state index is 13.6. The van der Waals surface area contributed by atoms with Crippen LogP contribution in [0.1, 0.15) is 13.8 Å². The third-order valence-electron chi connectivity index (χ3n) is 7.85. The smallest absolute Gasteiger partial charge is 0.475 e. The minimum Gasteiger partial charge on any atom is -0.475 e. The van der Waals surface area contributed by atoms with E-state index in [2.05, 4.69) is 44.3 Å². The van der Waals surface area contributed by atoms with E-state index in [1.54, 1.807) is 4.52 Å². The highest BCUT2D eigenvalue weighted by molar-refractivity contribution is 5.94. The number of aromatic amines is 1. The SMILES string of the molecule is CC(C)[C@H]1CN(CCN2CCNCC2)C(=O)N1c1ccn2ncc(-c3ccc(-c4ncn[nH]4)cc3)c2n1.O=C(O)C(F)(F)F.O=C(O)C(F)(F)F. The Morgan fingerprint density at radius 2 is 1.53 bits per heavy atom. The molecule has 2 aliphatic heterocycles. The van der Waals surface area contributed by atoms with E-state index >= 15 is 0 Å². The second-order valence-electron chi connectivity index (χ2n) is 11.6. The zero-order valence-electron chi connectivity index (χ0n) is 27.2. The molecule has 1 aromatic carbocycles. The quantitative estimate of drug-likeness (QED) is 0.204. The number of rotatable bonds is 7. The first kappa shape index (κ1) is 38.5. The van der Waals surface area contributed by atoms with Crippen LogP contribution in [0.25, 0.3) is 28.2 Å². The van der Waals surface area contributed by atoms with Crippen molar-refractivity contribution in [1.29, 1.82) is 0 Å². The number of carbonyl (C=O) groups excluding carboxylic acids is 1. The predicted molar refractivity (Wildman–Crippen MR) is 169 cm³/mol. The van der Waals surface area contributed by atoms with Gasteiger partial charge < -0.3 is 20.4 Å². The van der Waals surface area contributed by atoms with E-state index in [0.717, 1.165) is 67.4 Å². The van der Waals surface area contributed by atoms with Gasteiger partial charge in [-0.25, -0.2) is 28.9 Å². The standard InChI is InChI=1S/C26H32N10O.2C2HF3O2/c1-18(2)22-16-34(14-13-33-11-8-27-9-12-33)26(37)36(22)23-7-10-35-25(31-23)21(15-30-35)19-3-5-20(6-4-19)24-28-17-29-32-24;2*3-2(4,5)1(6)7/h3-7,10,15,17-18,22,27H,8-9,11-14,16H2,1-2H3,(H,28,29,32);2*(H,6,7)/t22-;;/m1../s1. The molecule has 0 saturated carbocycles. The highest BCUT2D eigenvalue weighted by Crippen LogP contribution is 2.31. The molecule has 5 heterocycles. The van der Waals surface area contributed by atoms with Gasteiger partial charge in [-0.05, 0) is 17.5 Å². The van der Waals surface area contributed by atoms with Crippen LogP contribution in [0.15, 0.2) is 49.1 Å². The van der Waals surface area contributed by atoms with Gasteiger partial charge in [0.1, 0.15) is 12.1 Å². The van der Waals surface area contributed by atoms with Crippen LogP contribution in [-0.2, 0) is 9.59 Å². The molecular formula is C30H34F6N10O5. The van der Waals surface area contributed by atoms with E-state index in [9.17, 15) is 31.1 Å². The number of urea groups is 1. The number of carboxylic acids is 2. The second kappa shape index (κ2) is 16.1. The van der Waals surface area contributed by atoms with Crippen LogP contribution in [-0.4, -0.2) is 132 Å². The fraction of sp³-hybridized carbons (Fsp3) is 0.433. The average molecular weight is 729 g/mol. The number of hydrogen-bond donors (Lipinski definition) is 4. The molecular weight excluding hydrogens is 694 g/mol. The minimum absolute atomic E-state index is 0.0307. The number of amides is 2. The number of fused-ring (bicyclic) bond motifs is 1. The molecule has 2 fully saturated rings. The zero-order chi connectivity index (χ0) is 37.5. The van der Waals surface area contributed by atoms with Gasteiger partial charge >= 0.3 is 30.3 Å². The summed E-state index contributed by atoms with van der Waals surface area (Å²) in [6.45, 7) is 10.8. The van der Waals surface area contributed by atoms with Crippen molar-refractivity contribution in [1.82, 2.24) is 44.9 Å². The van der Waals surface area contributed by atoms with Crippen molar-refractivity contribution < 1.29 is 50.9 Å². The molecule has 6 rings (SSSR count). The topological polar surface area (TPSA) is 185 Å². The largest absolute Gasteiger partial charge is 0.490 e. The van der Waals surface area contributed by atoms with E-state index in [1.807, 2.05) is 52.5 Å². The molecule has 4 aromatic rings. The Hall–Kier alpha value is -5.31. The first-order chi connectivity index (χ1) is 24.0. The van der Waals surface area contributed by atoms with Gasteiger partial charge in [-0.1, -0.05) is 38.1 Å². The lowest BCUT2D eigenvalue weighted by Crippen LogP contribution is -2.46. The van der Waals surface area contributed by atoms with E-state index in [-0.39, 0.29) is 12.1 Å². The van der Waals surface area contributed by atoms with Crippen LogP contribution >= 0.6 is 0 Å². The molecule has 0 unspecified atom stereocenters. The first-order valence-corrected chi connectivity index (χ1v) is 15.4. The Bertz CT molecular complexity index is 1750. The molecule has 2 amide bonds. The van der Waals surface area contributed by atoms with Crippen molar-refractivity contribution in [2.75, 3.05) is 50.7 Å². The summed E-state index contributed by atoms with van der Waals surface area (Å²) in [7, 11) is 0. The number of carbonyl (C=O) groups is 3. The summed E-state index contributed by atoms with van der Waals surface area (Å²) in [5, 5.41) is 29.0. The van der Waals surface area contributed by atoms with Crippen molar-refractivity contribution in [2.45, 2.75) is 32.2 Å². The number of anilines is 1. The van der Waals surface area contributed by atoms with Gasteiger partial charge in [0.05, 0.1) is 12.2 Å². The van der Waals surface area contributed by atoms with Crippen molar-refractivity contribution in [3.8, 4) is 22.5 Å². The van der Waals surface area contributed by atoms with E-state index < -0.39 is 24.3 Å². The highest BCUT2D eigenvalue weighted by Gasteiger charge is 2.41. The lowest BCUT2D eigenvalue weighted by molar-refractivity contribution is -0.193. The number of nitrogens with one attached hydrogen (secondary N) is 2. The van der Waals surface area contributed by atoms with E-state index in [4.69, 9.17) is 24.8 Å². The maximum absolute atomic E-state index is 13.6. The number of aromatic nitrogens is 6. The van der Waals surface area contributed by atoms with Gasteiger partial charge in [0.15, 0.2) is 11.5 Å². The molecule has 0 spiro atoms. The van der Waals surface area contributed by atoms with Crippen LogP contribution in [0, 0.1) is 5.92 Å². The molecule has 51 heavy (non-hydrogen) atoms. The molecule has 15 nitrogen and oxygen atoms in total. The van der Waals surface area contributed by atoms with Crippen LogP contribution in [0.4, 0.5) is 37.0 Å². The molecule has 1 atom stereocenters. The van der Waals surface area contributed by atoms with Crippen molar-refractivity contribution in [2.24, 2.45) is 5.92 Å². The zero-order valence-corrected chi connectivity index (χ0v) is 27.2. The lowest BCUT2D eigenvalue weighted by Gasteiger charge is -2.28. The Balaban J connectivity index is 0.000000353. The minimum atomic E-state index is -5.08. The van der Waals surface area contributed by atoms with Crippen molar-refractivity contribution >= 4 is 29.4 Å². The van der Waals surface area contributed by atoms with Crippen LogP contribution in [0.3, 0.4) is 0 Å². The van der Waals surface area contributed by atoms with Crippen LogP contribution in [0.2, 0.25) is 0 Å². The number of aliphatic carboxylic acids is 2. The molecule has 3 aromatic heterocycles. The van der Waals surface area contributed by atoms with Gasteiger partial charge in [0, 0.05) is 63.1 Å². The summed E-state index contributed by atoms with van der Waals surface area (Å²) >= 11 is 0. The molecule has 0 bridgehead atoms. The predicted octanol–water partition coefficient (Wildman–Crippen LogP) is 3.62. The summed E-state index contributed by atoms with van der Waals surface area (Å²) in [5.41, 5.74) is 3.58. The summed E-state index contributed by atoms with van der Waals surface area (Å²) < 4.78 is 65.2. The number of nitrogens with zero attached hydrogens (tertiary/aromatic N) is 8. The Kier molecular flexibility index (Phi) is 12.2. The number of piperazine rings is 1. The van der Waals surface area contributed by atoms with Crippen molar-refractivity contribution in [3.05, 3.63) is 49.1 Å². The lowest BCUT2D eigenvalue weighted by atomic mass is 10.0. The number of alkyl halides is 6. The fourth-order valence-corrected chi connectivity index (χ4v) is 5.19.